The Kier molecular flexibility index (Phi) is 4.48. The van der Waals surface area contributed by atoms with Crippen LogP contribution < -0.4 is 0 Å². The van der Waals surface area contributed by atoms with E-state index in [4.69, 9.17) is 4.74 Å². The molecular formula is C17H18FNO3S. The summed E-state index contributed by atoms with van der Waals surface area (Å²) in [5, 5.41) is 0. The number of hydrogen-bond donors (Lipinski definition) is 0. The molecule has 2 atom stereocenters. The predicted octanol–water partition coefficient (Wildman–Crippen LogP) is 2.98. The molecule has 0 aromatic heterocycles. The van der Waals surface area contributed by atoms with E-state index in [1.807, 2.05) is 6.92 Å². The van der Waals surface area contributed by atoms with E-state index in [-0.39, 0.29) is 23.4 Å². The molecule has 1 saturated heterocycles. The number of hydrogen-bond acceptors (Lipinski definition) is 3. The molecule has 0 saturated carbocycles. The Morgan fingerprint density at radius 2 is 1.70 bits per heavy atom. The molecule has 6 heteroatoms. The number of rotatable bonds is 3. The summed E-state index contributed by atoms with van der Waals surface area (Å²) in [6, 6.07) is 14.3. The molecule has 0 amide bonds. The molecular weight excluding hydrogens is 317 g/mol. The SMILES string of the molecule is CC1CN(S(=O)(=O)c2ccccc2)CC(c2ccc(F)cc2)O1. The van der Waals surface area contributed by atoms with E-state index in [2.05, 4.69) is 0 Å². The number of ether oxygens (including phenoxy) is 1. The normalized spacial score (nSPS) is 22.9. The summed E-state index contributed by atoms with van der Waals surface area (Å²) in [6.07, 6.45) is -0.643. The molecule has 0 N–H and O–H groups in total. The quantitative estimate of drug-likeness (QED) is 0.866. The van der Waals surface area contributed by atoms with Crippen LogP contribution in [0.2, 0.25) is 0 Å². The molecule has 2 unspecified atom stereocenters. The third-order valence-corrected chi connectivity index (χ3v) is 5.70. The highest BCUT2D eigenvalue weighted by atomic mass is 32.2. The first-order valence-electron chi connectivity index (χ1n) is 7.43. The van der Waals surface area contributed by atoms with Gasteiger partial charge in [0.2, 0.25) is 10.0 Å². The lowest BCUT2D eigenvalue weighted by molar-refractivity contribution is -0.0557. The van der Waals surface area contributed by atoms with Crippen LogP contribution in [-0.2, 0) is 14.8 Å². The highest BCUT2D eigenvalue weighted by Gasteiger charge is 2.34. The minimum absolute atomic E-state index is 0.215. The predicted molar refractivity (Wildman–Crippen MR) is 84.9 cm³/mol. The van der Waals surface area contributed by atoms with E-state index in [9.17, 15) is 12.8 Å². The van der Waals surface area contributed by atoms with Gasteiger partial charge >= 0.3 is 0 Å². The molecule has 23 heavy (non-hydrogen) atoms. The van der Waals surface area contributed by atoms with Crippen molar-refractivity contribution in [2.45, 2.75) is 24.0 Å². The van der Waals surface area contributed by atoms with E-state index in [0.717, 1.165) is 5.56 Å². The van der Waals surface area contributed by atoms with Crippen molar-refractivity contribution >= 4 is 10.0 Å². The largest absolute Gasteiger partial charge is 0.368 e. The third-order valence-electron chi connectivity index (χ3n) is 3.85. The maximum atomic E-state index is 13.1. The molecule has 0 spiro atoms. The standard InChI is InChI=1S/C17H18FNO3S/c1-13-11-19(23(20,21)16-5-3-2-4-6-16)12-17(22-13)14-7-9-15(18)10-8-14/h2-10,13,17H,11-12H2,1H3. The number of sulfonamides is 1. The second-order valence-electron chi connectivity index (χ2n) is 5.62. The Bertz CT molecular complexity index is 762. The third kappa shape index (κ3) is 3.44. The van der Waals surface area contributed by atoms with Crippen LogP contribution in [0, 0.1) is 5.82 Å². The van der Waals surface area contributed by atoms with Crippen LogP contribution in [0.4, 0.5) is 4.39 Å². The summed E-state index contributed by atoms with van der Waals surface area (Å²) in [5.41, 5.74) is 0.770. The maximum Gasteiger partial charge on any atom is 0.243 e. The average molecular weight is 335 g/mol. The molecule has 1 aliphatic rings. The first-order chi connectivity index (χ1) is 11.0. The van der Waals surface area contributed by atoms with Crippen molar-refractivity contribution in [2.75, 3.05) is 13.1 Å². The summed E-state index contributed by atoms with van der Waals surface area (Å²) in [4.78, 5) is 0.270. The molecule has 0 bridgehead atoms. The Labute approximate surface area is 135 Å². The summed E-state index contributed by atoms with van der Waals surface area (Å²) in [6.45, 7) is 2.35. The molecule has 122 valence electrons. The van der Waals surface area contributed by atoms with E-state index in [1.54, 1.807) is 42.5 Å². The number of morpholine rings is 1. The molecule has 0 aliphatic carbocycles. The summed E-state index contributed by atoms with van der Waals surface area (Å²) < 4.78 is 45.9. The molecule has 1 aliphatic heterocycles. The average Bonchev–Trinajstić information content (AvgIpc) is 2.56. The van der Waals surface area contributed by atoms with Crippen LogP contribution in [0.3, 0.4) is 0 Å². The van der Waals surface area contributed by atoms with Gasteiger partial charge in [-0.05, 0) is 36.8 Å². The van der Waals surface area contributed by atoms with Crippen molar-refractivity contribution in [3.05, 3.63) is 66.0 Å². The summed E-state index contributed by atoms with van der Waals surface area (Å²) in [7, 11) is -3.56. The molecule has 4 nitrogen and oxygen atoms in total. The lowest BCUT2D eigenvalue weighted by atomic mass is 10.1. The zero-order chi connectivity index (χ0) is 16.4. The van der Waals surface area contributed by atoms with Crippen LogP contribution in [0.5, 0.6) is 0 Å². The number of nitrogens with zero attached hydrogens (tertiary/aromatic N) is 1. The highest BCUT2D eigenvalue weighted by Crippen LogP contribution is 2.29. The topological polar surface area (TPSA) is 46.6 Å². The van der Waals surface area contributed by atoms with Gasteiger partial charge < -0.3 is 4.74 Å². The molecule has 1 heterocycles. The van der Waals surface area contributed by atoms with Crippen LogP contribution >= 0.6 is 0 Å². The summed E-state index contributed by atoms with van der Waals surface area (Å²) in [5.74, 6) is -0.327. The van der Waals surface area contributed by atoms with Crippen molar-refractivity contribution in [2.24, 2.45) is 0 Å². The van der Waals surface area contributed by atoms with Gasteiger partial charge in [-0.25, -0.2) is 12.8 Å². The van der Waals surface area contributed by atoms with Crippen molar-refractivity contribution in [3.8, 4) is 0 Å². The van der Waals surface area contributed by atoms with Crippen molar-refractivity contribution in [3.63, 3.8) is 0 Å². The Hall–Kier alpha value is -1.76. The van der Waals surface area contributed by atoms with Gasteiger partial charge in [-0.3, -0.25) is 0 Å². The van der Waals surface area contributed by atoms with E-state index in [1.165, 1.54) is 16.4 Å². The second kappa shape index (κ2) is 6.39. The number of halogens is 1. The van der Waals surface area contributed by atoms with Crippen molar-refractivity contribution in [1.82, 2.24) is 4.31 Å². The van der Waals surface area contributed by atoms with Crippen molar-refractivity contribution < 1.29 is 17.5 Å². The molecule has 0 radical (unpaired) electrons. The Morgan fingerprint density at radius 1 is 1.04 bits per heavy atom. The van der Waals surface area contributed by atoms with Crippen LogP contribution in [0.15, 0.2) is 59.5 Å². The van der Waals surface area contributed by atoms with Crippen LogP contribution in [0.25, 0.3) is 0 Å². The van der Waals surface area contributed by atoms with E-state index in [0.29, 0.717) is 6.54 Å². The van der Waals surface area contributed by atoms with Gasteiger partial charge in [-0.1, -0.05) is 30.3 Å². The van der Waals surface area contributed by atoms with Crippen LogP contribution in [-0.4, -0.2) is 31.9 Å². The lowest BCUT2D eigenvalue weighted by Crippen LogP contribution is -2.45. The molecule has 2 aromatic carbocycles. The second-order valence-corrected chi connectivity index (χ2v) is 7.56. The smallest absolute Gasteiger partial charge is 0.243 e. The van der Waals surface area contributed by atoms with Gasteiger partial charge in [0.15, 0.2) is 0 Å². The first-order valence-corrected chi connectivity index (χ1v) is 8.87. The fourth-order valence-electron chi connectivity index (χ4n) is 2.71. The fourth-order valence-corrected chi connectivity index (χ4v) is 4.25. The minimum Gasteiger partial charge on any atom is -0.368 e. The molecule has 1 fully saturated rings. The minimum atomic E-state index is -3.56. The van der Waals surface area contributed by atoms with E-state index < -0.39 is 16.1 Å². The van der Waals surface area contributed by atoms with E-state index >= 15 is 0 Å². The molecule has 2 aromatic rings. The summed E-state index contributed by atoms with van der Waals surface area (Å²) >= 11 is 0. The monoisotopic (exact) mass is 335 g/mol. The van der Waals surface area contributed by atoms with Gasteiger partial charge in [0, 0.05) is 13.1 Å². The van der Waals surface area contributed by atoms with Crippen LogP contribution in [0.1, 0.15) is 18.6 Å². The van der Waals surface area contributed by atoms with Gasteiger partial charge in [-0.15, -0.1) is 0 Å². The Balaban J connectivity index is 1.87. The zero-order valence-corrected chi connectivity index (χ0v) is 13.5. The zero-order valence-electron chi connectivity index (χ0n) is 12.7. The van der Waals surface area contributed by atoms with Gasteiger partial charge in [-0.2, -0.15) is 4.31 Å². The van der Waals surface area contributed by atoms with Crippen molar-refractivity contribution in [1.29, 1.82) is 0 Å². The van der Waals surface area contributed by atoms with Gasteiger partial charge in [0.05, 0.1) is 17.1 Å². The van der Waals surface area contributed by atoms with Gasteiger partial charge in [0.25, 0.3) is 0 Å². The number of benzene rings is 2. The first kappa shape index (κ1) is 16.1. The fraction of sp³-hybridized carbons (Fsp3) is 0.294. The Morgan fingerprint density at radius 3 is 2.35 bits per heavy atom. The molecule has 3 rings (SSSR count). The van der Waals surface area contributed by atoms with Gasteiger partial charge in [0.1, 0.15) is 5.82 Å². The highest BCUT2D eigenvalue weighted by molar-refractivity contribution is 7.89. The lowest BCUT2D eigenvalue weighted by Gasteiger charge is -2.36. The maximum absolute atomic E-state index is 13.1.